The van der Waals surface area contributed by atoms with E-state index in [1.54, 1.807) is 12.3 Å². The number of fused-ring (bicyclic) bond motifs is 1. The Morgan fingerprint density at radius 3 is 2.64 bits per heavy atom. The Morgan fingerprint density at radius 1 is 1.18 bits per heavy atom. The minimum Gasteiger partial charge on any atom is -0.366 e. The molecule has 0 bridgehead atoms. The van der Waals surface area contributed by atoms with Crippen molar-refractivity contribution in [3.63, 3.8) is 0 Å². The van der Waals surface area contributed by atoms with Crippen LogP contribution in [0.1, 0.15) is 48.0 Å². The fourth-order valence-electron chi connectivity index (χ4n) is 4.96. The number of nitrogens with one attached hydrogen (secondary N) is 2. The fraction of sp³-hybridized carbons (Fsp3) is 0.524. The van der Waals surface area contributed by atoms with Gasteiger partial charge in [-0.1, -0.05) is 0 Å². The van der Waals surface area contributed by atoms with E-state index in [9.17, 15) is 9.59 Å². The number of nitrogens with two attached hydrogens (primary N) is 1. The molecule has 2 aliphatic heterocycles. The van der Waals surface area contributed by atoms with Crippen LogP contribution in [0, 0.1) is 6.42 Å². The number of nitrogens with zero attached hydrogens (tertiary/aromatic N) is 2. The number of quaternary nitrogens is 1. The van der Waals surface area contributed by atoms with E-state index in [1.807, 2.05) is 12.5 Å². The molecule has 3 heterocycles. The third-order valence-corrected chi connectivity index (χ3v) is 6.45. The zero-order valence-corrected chi connectivity index (χ0v) is 16.2. The number of carbonyl (C=O) groups is 2. The van der Waals surface area contributed by atoms with Crippen molar-refractivity contribution in [2.45, 2.75) is 44.6 Å². The van der Waals surface area contributed by atoms with E-state index in [-0.39, 0.29) is 5.91 Å². The van der Waals surface area contributed by atoms with Gasteiger partial charge in [0.05, 0.1) is 42.8 Å². The second-order valence-electron chi connectivity index (χ2n) is 8.11. The zero-order chi connectivity index (χ0) is 19.6. The molecule has 28 heavy (non-hydrogen) atoms. The first-order valence-corrected chi connectivity index (χ1v) is 10.3. The molecule has 149 valence electrons. The Balaban J connectivity index is 1.53. The molecule has 7 heteroatoms. The molecule has 0 atom stereocenters. The first-order valence-electron chi connectivity index (χ1n) is 10.3. The van der Waals surface area contributed by atoms with E-state index in [0.717, 1.165) is 62.8 Å². The summed E-state index contributed by atoms with van der Waals surface area (Å²) in [5, 5.41) is 11.1. The average Bonchev–Trinajstić information content (AvgIpc) is 3.21. The van der Waals surface area contributed by atoms with Crippen LogP contribution in [0.3, 0.4) is 0 Å². The highest BCUT2D eigenvalue weighted by Gasteiger charge is 2.44. The number of primary amides is 1. The van der Waals surface area contributed by atoms with Crippen LogP contribution in [0.4, 0.5) is 0 Å². The van der Waals surface area contributed by atoms with Crippen LogP contribution in [0.15, 0.2) is 18.3 Å². The normalized spacial score (nSPS) is 20.3. The zero-order valence-electron chi connectivity index (χ0n) is 16.2. The van der Waals surface area contributed by atoms with Crippen molar-refractivity contribution >= 4 is 22.7 Å². The molecule has 4 N–H and O–H groups in total. The number of rotatable bonds is 5. The smallest absolute Gasteiger partial charge is 0.318 e. The van der Waals surface area contributed by atoms with E-state index < -0.39 is 5.91 Å². The maximum Gasteiger partial charge on any atom is 0.318 e. The molecular formula is C21H29N5O2+. The van der Waals surface area contributed by atoms with Crippen LogP contribution >= 0.6 is 0 Å². The summed E-state index contributed by atoms with van der Waals surface area (Å²) in [5.74, 6) is -0.254. The van der Waals surface area contributed by atoms with Crippen LogP contribution in [0.5, 0.6) is 0 Å². The summed E-state index contributed by atoms with van der Waals surface area (Å²) in [7, 11) is 0. The number of hydrogen-bond donors (Lipinski definition) is 3. The predicted octanol–water partition coefficient (Wildman–Crippen LogP) is 1.69. The summed E-state index contributed by atoms with van der Waals surface area (Å²) in [5.41, 5.74) is 7.51. The molecule has 2 aliphatic rings. The van der Waals surface area contributed by atoms with Gasteiger partial charge < -0.3 is 11.1 Å². The second kappa shape index (κ2) is 8.01. The van der Waals surface area contributed by atoms with Crippen molar-refractivity contribution in [1.29, 1.82) is 0 Å². The van der Waals surface area contributed by atoms with Gasteiger partial charge in [0, 0.05) is 31.3 Å². The van der Waals surface area contributed by atoms with Gasteiger partial charge in [-0.15, -0.1) is 0 Å². The monoisotopic (exact) mass is 383 g/mol. The molecule has 2 saturated heterocycles. The summed E-state index contributed by atoms with van der Waals surface area (Å²) >= 11 is 0. The molecular weight excluding hydrogens is 354 g/mol. The minimum absolute atomic E-state index is 0.236. The van der Waals surface area contributed by atoms with Crippen molar-refractivity contribution in [1.82, 2.24) is 15.5 Å². The van der Waals surface area contributed by atoms with Gasteiger partial charge in [0.25, 0.3) is 5.91 Å². The van der Waals surface area contributed by atoms with E-state index in [1.165, 1.54) is 6.42 Å². The number of amides is 2. The largest absolute Gasteiger partial charge is 0.366 e. The Kier molecular flexibility index (Phi) is 5.46. The average molecular weight is 383 g/mol. The highest BCUT2D eigenvalue weighted by molar-refractivity contribution is 6.05. The van der Waals surface area contributed by atoms with Crippen molar-refractivity contribution in [2.75, 3.05) is 26.2 Å². The molecule has 1 radical (unpaired) electrons. The maximum absolute atomic E-state index is 13.4. The molecule has 1 aromatic carbocycles. The van der Waals surface area contributed by atoms with Crippen LogP contribution in [-0.4, -0.2) is 58.7 Å². The Hall–Kier alpha value is -2.25. The topological polar surface area (TPSA) is 101 Å². The van der Waals surface area contributed by atoms with Gasteiger partial charge in [0.15, 0.2) is 0 Å². The van der Waals surface area contributed by atoms with Gasteiger partial charge in [-0.05, 0) is 43.4 Å². The van der Waals surface area contributed by atoms with Crippen LogP contribution in [-0.2, 0) is 11.2 Å². The highest BCUT2D eigenvalue weighted by atomic mass is 16.2. The summed E-state index contributed by atoms with van der Waals surface area (Å²) in [4.78, 5) is 25.2. The molecule has 0 unspecified atom stereocenters. The van der Waals surface area contributed by atoms with Crippen LogP contribution in [0.2, 0.25) is 0 Å². The molecule has 0 spiro atoms. The van der Waals surface area contributed by atoms with Crippen molar-refractivity contribution in [2.24, 2.45) is 5.73 Å². The lowest BCUT2D eigenvalue weighted by Crippen LogP contribution is -2.63. The van der Waals surface area contributed by atoms with Crippen molar-refractivity contribution < 1.29 is 14.1 Å². The lowest BCUT2D eigenvalue weighted by atomic mass is 9.94. The Morgan fingerprint density at radius 2 is 1.93 bits per heavy atom. The molecule has 2 amide bonds. The summed E-state index contributed by atoms with van der Waals surface area (Å²) in [6.07, 6.45) is 9.61. The Bertz CT molecular complexity index is 863. The van der Waals surface area contributed by atoms with Gasteiger partial charge in [-0.25, -0.2) is 4.79 Å². The van der Waals surface area contributed by atoms with E-state index in [4.69, 9.17) is 5.73 Å². The summed E-state index contributed by atoms with van der Waals surface area (Å²) in [6.45, 7) is 3.90. The molecule has 2 aromatic rings. The molecule has 0 saturated carbocycles. The minimum atomic E-state index is -0.489. The molecule has 2 fully saturated rings. The standard InChI is InChI=1S/C21H28N5O2/c22-21(28)18-13-15(12-16-14-24-25-20(16)18)4-5-19(27)26(10-2-1-3-11-26)17-6-8-23-9-7-17/h5,12-14,17,23H,1-4,6-11H2,(H2-,22,24,25,28)/p+1. The number of aromatic amines is 1. The summed E-state index contributed by atoms with van der Waals surface area (Å²) < 4.78 is 0.609. The molecule has 1 aromatic heterocycles. The van der Waals surface area contributed by atoms with Gasteiger partial charge in [-0.3, -0.25) is 14.4 Å². The molecule has 7 nitrogen and oxygen atoms in total. The van der Waals surface area contributed by atoms with Gasteiger partial charge in [0.1, 0.15) is 0 Å². The second-order valence-corrected chi connectivity index (χ2v) is 8.11. The number of carbonyl (C=O) groups excluding carboxylic acids is 2. The number of H-pyrrole nitrogens is 1. The van der Waals surface area contributed by atoms with Crippen LogP contribution < -0.4 is 11.1 Å². The number of aromatic nitrogens is 2. The van der Waals surface area contributed by atoms with Gasteiger partial charge in [0.2, 0.25) is 0 Å². The van der Waals surface area contributed by atoms with Gasteiger partial charge in [-0.2, -0.15) is 5.10 Å². The highest BCUT2D eigenvalue weighted by Crippen LogP contribution is 2.30. The van der Waals surface area contributed by atoms with E-state index >= 15 is 0 Å². The fourth-order valence-corrected chi connectivity index (χ4v) is 4.96. The SMILES string of the molecule is NC(=O)c1cc(C[CH]C(=O)[N+]2(C3CCNCC3)CCCCC2)cc2cn[nH]c12. The number of hydrogen-bond acceptors (Lipinski definition) is 4. The lowest BCUT2D eigenvalue weighted by Gasteiger charge is -2.46. The van der Waals surface area contributed by atoms with Crippen molar-refractivity contribution in [3.8, 4) is 0 Å². The maximum atomic E-state index is 13.4. The predicted molar refractivity (Wildman–Crippen MR) is 107 cm³/mol. The first-order chi connectivity index (χ1) is 13.6. The Labute approximate surface area is 165 Å². The van der Waals surface area contributed by atoms with E-state index in [0.29, 0.717) is 28.0 Å². The first kappa shape index (κ1) is 19.1. The summed E-state index contributed by atoms with van der Waals surface area (Å²) in [6, 6.07) is 4.17. The van der Waals surface area contributed by atoms with Gasteiger partial charge >= 0.3 is 5.91 Å². The quantitative estimate of drug-likeness (QED) is 0.684. The number of likely N-dealkylation sites (tertiary alicyclic amines) is 1. The van der Waals surface area contributed by atoms with Crippen LogP contribution in [0.25, 0.3) is 10.9 Å². The molecule has 4 rings (SSSR count). The third kappa shape index (κ3) is 3.56. The number of piperidine rings is 2. The lowest BCUT2D eigenvalue weighted by molar-refractivity contribution is -0.884. The van der Waals surface area contributed by atoms with E-state index in [2.05, 4.69) is 15.5 Å². The molecule has 0 aliphatic carbocycles. The number of benzene rings is 1. The van der Waals surface area contributed by atoms with Crippen molar-refractivity contribution in [3.05, 3.63) is 35.9 Å². The third-order valence-electron chi connectivity index (χ3n) is 6.45.